The Bertz CT molecular complexity index is 1140. The molecular weight excluding hydrogens is 434 g/mol. The largest absolute Gasteiger partial charge is 0.361 e. The molecule has 0 bridgehead atoms. The lowest BCUT2D eigenvalue weighted by Gasteiger charge is -2.37. The molecule has 1 saturated heterocycles. The second kappa shape index (κ2) is 8.71. The van der Waals surface area contributed by atoms with Gasteiger partial charge >= 0.3 is 0 Å². The van der Waals surface area contributed by atoms with Crippen molar-refractivity contribution in [3.8, 4) is 0 Å². The molecule has 4 rings (SSSR count). The molecule has 0 aliphatic carbocycles. The van der Waals surface area contributed by atoms with Crippen molar-refractivity contribution in [2.45, 2.75) is 12.1 Å². The van der Waals surface area contributed by atoms with E-state index in [0.717, 1.165) is 30.1 Å². The van der Waals surface area contributed by atoms with Crippen LogP contribution in [0.4, 0.5) is 22.7 Å². The monoisotopic (exact) mass is 453 g/mol. The van der Waals surface area contributed by atoms with Crippen molar-refractivity contribution >= 4 is 52.2 Å². The Morgan fingerprint density at radius 1 is 1.09 bits per heavy atom. The average molecular weight is 453 g/mol. The molecule has 2 heterocycles. The van der Waals surface area contributed by atoms with E-state index in [2.05, 4.69) is 21.3 Å². The summed E-state index contributed by atoms with van der Waals surface area (Å²) < 4.78 is 0. The summed E-state index contributed by atoms with van der Waals surface area (Å²) in [5.74, 6) is 0.264. The summed E-state index contributed by atoms with van der Waals surface area (Å²) in [6, 6.07) is 10.7. The van der Waals surface area contributed by atoms with E-state index in [-0.39, 0.29) is 17.3 Å². The van der Waals surface area contributed by atoms with Gasteiger partial charge in [-0.05, 0) is 36.4 Å². The minimum Gasteiger partial charge on any atom is -0.361 e. The fourth-order valence-corrected chi connectivity index (χ4v) is 4.78. The molecule has 0 aromatic heterocycles. The van der Waals surface area contributed by atoms with E-state index in [9.17, 15) is 24.5 Å². The summed E-state index contributed by atoms with van der Waals surface area (Å²) in [7, 11) is 0. The van der Waals surface area contributed by atoms with Gasteiger partial charge in [0.05, 0.1) is 10.5 Å². The van der Waals surface area contributed by atoms with Crippen LogP contribution in [0.25, 0.3) is 0 Å². The molecule has 2 aromatic rings. The predicted octanol–water partition coefficient (Wildman–Crippen LogP) is 2.72. The minimum absolute atomic E-state index is 0.0270. The summed E-state index contributed by atoms with van der Waals surface area (Å²) in [4.78, 5) is 47.2. The van der Waals surface area contributed by atoms with Crippen LogP contribution in [0.1, 0.15) is 16.8 Å². The SMILES string of the molecule is O=C(/C=C/C(=O)Nc1ccccc1[N+](=O)[O-])Nc1ccc2c(c1)C(=O)NC1(CCSC1)N2. The van der Waals surface area contributed by atoms with Gasteiger partial charge in [-0.15, -0.1) is 0 Å². The van der Waals surface area contributed by atoms with E-state index in [0.29, 0.717) is 16.9 Å². The lowest BCUT2D eigenvalue weighted by Crippen LogP contribution is -2.57. The van der Waals surface area contributed by atoms with Crippen LogP contribution in [0, 0.1) is 10.1 Å². The third kappa shape index (κ3) is 4.57. The predicted molar refractivity (Wildman–Crippen MR) is 122 cm³/mol. The van der Waals surface area contributed by atoms with Gasteiger partial charge in [0.25, 0.3) is 11.6 Å². The third-order valence-electron chi connectivity index (χ3n) is 5.02. The first kappa shape index (κ1) is 21.4. The minimum atomic E-state index is -0.691. The number of rotatable bonds is 5. The summed E-state index contributed by atoms with van der Waals surface area (Å²) in [5.41, 5.74) is 0.865. The second-order valence-electron chi connectivity index (χ2n) is 7.31. The van der Waals surface area contributed by atoms with Crippen molar-refractivity contribution in [2.75, 3.05) is 27.5 Å². The van der Waals surface area contributed by atoms with E-state index in [1.165, 1.54) is 18.2 Å². The van der Waals surface area contributed by atoms with Crippen molar-refractivity contribution in [1.82, 2.24) is 5.32 Å². The first-order valence-corrected chi connectivity index (χ1v) is 10.9. The number of fused-ring (bicyclic) bond motifs is 1. The van der Waals surface area contributed by atoms with Crippen LogP contribution < -0.4 is 21.3 Å². The molecule has 11 heteroatoms. The van der Waals surface area contributed by atoms with Crippen LogP contribution in [-0.4, -0.2) is 39.8 Å². The molecule has 2 aromatic carbocycles. The summed E-state index contributed by atoms with van der Waals surface area (Å²) in [6.45, 7) is 0. The molecule has 4 N–H and O–H groups in total. The van der Waals surface area contributed by atoms with Crippen LogP contribution in [0.15, 0.2) is 54.6 Å². The highest BCUT2D eigenvalue weighted by atomic mass is 32.2. The standard InChI is InChI=1S/C21H19N5O5S/c27-18(7-8-19(28)23-16-3-1-2-4-17(16)26(30)31)22-13-5-6-15-14(11-13)20(29)25-21(24-15)9-10-32-12-21/h1-8,11,24H,9-10,12H2,(H,22,27)(H,23,28)(H,25,29)/b8-7+. The maximum atomic E-state index is 12.6. The van der Waals surface area contributed by atoms with Gasteiger partial charge < -0.3 is 21.3 Å². The Morgan fingerprint density at radius 3 is 2.56 bits per heavy atom. The Labute approximate surface area is 187 Å². The molecule has 1 atom stereocenters. The fraction of sp³-hybridized carbons (Fsp3) is 0.190. The van der Waals surface area contributed by atoms with Gasteiger partial charge in [-0.1, -0.05) is 12.1 Å². The summed E-state index contributed by atoms with van der Waals surface area (Å²) in [5, 5.41) is 22.4. The van der Waals surface area contributed by atoms with E-state index in [4.69, 9.17) is 0 Å². The Hall–Kier alpha value is -3.86. The van der Waals surface area contributed by atoms with Gasteiger partial charge in [0.15, 0.2) is 0 Å². The van der Waals surface area contributed by atoms with Gasteiger partial charge in [0.2, 0.25) is 11.8 Å². The maximum Gasteiger partial charge on any atom is 0.292 e. The van der Waals surface area contributed by atoms with Gasteiger partial charge in [-0.25, -0.2) is 0 Å². The molecule has 2 aliphatic heterocycles. The van der Waals surface area contributed by atoms with Crippen LogP contribution in [-0.2, 0) is 9.59 Å². The molecule has 3 amide bonds. The number of nitro benzene ring substituents is 1. The van der Waals surface area contributed by atoms with Crippen LogP contribution >= 0.6 is 11.8 Å². The van der Waals surface area contributed by atoms with Gasteiger partial charge in [-0.3, -0.25) is 24.5 Å². The lowest BCUT2D eigenvalue weighted by molar-refractivity contribution is -0.383. The van der Waals surface area contributed by atoms with Gasteiger partial charge in [0.1, 0.15) is 11.4 Å². The first-order valence-electron chi connectivity index (χ1n) is 9.71. The van der Waals surface area contributed by atoms with E-state index >= 15 is 0 Å². The van der Waals surface area contributed by atoms with Crippen LogP contribution in [0.3, 0.4) is 0 Å². The zero-order valence-corrected chi connectivity index (χ0v) is 17.5. The summed E-state index contributed by atoms with van der Waals surface area (Å²) >= 11 is 1.77. The van der Waals surface area contributed by atoms with Crippen LogP contribution in [0.2, 0.25) is 0 Å². The van der Waals surface area contributed by atoms with Crippen molar-refractivity contribution < 1.29 is 19.3 Å². The molecule has 0 saturated carbocycles. The van der Waals surface area contributed by atoms with Crippen molar-refractivity contribution in [1.29, 1.82) is 0 Å². The maximum absolute atomic E-state index is 12.6. The number of hydrogen-bond donors (Lipinski definition) is 4. The number of amides is 3. The molecule has 2 aliphatic rings. The number of nitrogens with one attached hydrogen (secondary N) is 4. The zero-order valence-electron chi connectivity index (χ0n) is 16.7. The number of benzene rings is 2. The van der Waals surface area contributed by atoms with Gasteiger partial charge in [0, 0.05) is 35.3 Å². The number of para-hydroxylation sites is 2. The number of anilines is 3. The number of thioether (sulfide) groups is 1. The highest BCUT2D eigenvalue weighted by Crippen LogP contribution is 2.35. The molecular formula is C21H19N5O5S. The highest BCUT2D eigenvalue weighted by Gasteiger charge is 2.40. The molecule has 1 spiro atoms. The molecule has 1 unspecified atom stereocenters. The highest BCUT2D eigenvalue weighted by molar-refractivity contribution is 7.99. The first-order chi connectivity index (χ1) is 15.3. The Balaban J connectivity index is 1.39. The lowest BCUT2D eigenvalue weighted by atomic mass is 10.0. The average Bonchev–Trinajstić information content (AvgIpc) is 3.20. The smallest absolute Gasteiger partial charge is 0.292 e. The number of hydrogen-bond acceptors (Lipinski definition) is 7. The third-order valence-corrected chi connectivity index (χ3v) is 6.21. The van der Waals surface area contributed by atoms with Gasteiger partial charge in [-0.2, -0.15) is 11.8 Å². The normalized spacial score (nSPS) is 19.2. The quantitative estimate of drug-likeness (QED) is 0.310. The number of nitrogens with zero attached hydrogens (tertiary/aromatic N) is 1. The summed E-state index contributed by atoms with van der Waals surface area (Å²) in [6.07, 6.45) is 2.81. The van der Waals surface area contributed by atoms with Crippen LogP contribution in [0.5, 0.6) is 0 Å². The fourth-order valence-electron chi connectivity index (χ4n) is 3.50. The van der Waals surface area contributed by atoms with Crippen molar-refractivity contribution in [2.24, 2.45) is 0 Å². The number of nitro groups is 1. The van der Waals surface area contributed by atoms with Crippen molar-refractivity contribution in [3.63, 3.8) is 0 Å². The molecule has 32 heavy (non-hydrogen) atoms. The Morgan fingerprint density at radius 2 is 1.84 bits per heavy atom. The van der Waals surface area contributed by atoms with E-state index < -0.39 is 22.4 Å². The molecule has 1 fully saturated rings. The van der Waals surface area contributed by atoms with Crippen molar-refractivity contribution in [3.05, 3.63) is 70.3 Å². The molecule has 0 radical (unpaired) electrons. The van der Waals surface area contributed by atoms with E-state index in [1.807, 2.05) is 0 Å². The number of carbonyl (C=O) groups excluding carboxylic acids is 3. The molecule has 164 valence electrons. The Kier molecular flexibility index (Phi) is 5.82. The van der Waals surface area contributed by atoms with E-state index in [1.54, 1.807) is 36.0 Å². The second-order valence-corrected chi connectivity index (χ2v) is 8.42. The zero-order chi connectivity index (χ0) is 22.7. The molecule has 10 nitrogen and oxygen atoms in total. The topological polar surface area (TPSA) is 142 Å². The number of carbonyl (C=O) groups is 3.